The zero-order valence-corrected chi connectivity index (χ0v) is 12.4. The van der Waals surface area contributed by atoms with Gasteiger partial charge in [0.1, 0.15) is 0 Å². The summed E-state index contributed by atoms with van der Waals surface area (Å²) in [6, 6.07) is 0.448. The van der Waals surface area contributed by atoms with Gasteiger partial charge in [-0.1, -0.05) is 12.8 Å². The molecule has 1 saturated carbocycles. The van der Waals surface area contributed by atoms with Gasteiger partial charge in [-0.2, -0.15) is 13.2 Å². The second-order valence-corrected chi connectivity index (χ2v) is 6.64. The summed E-state index contributed by atoms with van der Waals surface area (Å²) in [6.07, 6.45) is 2.38. The van der Waals surface area contributed by atoms with Crippen LogP contribution < -0.4 is 5.73 Å². The lowest BCUT2D eigenvalue weighted by atomic mass is 9.74. The third kappa shape index (κ3) is 3.30. The highest BCUT2D eigenvalue weighted by Crippen LogP contribution is 2.44. The highest BCUT2D eigenvalue weighted by Gasteiger charge is 2.48. The third-order valence-corrected chi connectivity index (χ3v) is 5.42. The van der Waals surface area contributed by atoms with Gasteiger partial charge in [-0.3, -0.25) is 4.90 Å². The molecule has 2 rings (SSSR count). The van der Waals surface area contributed by atoms with Crippen molar-refractivity contribution in [2.45, 2.75) is 76.0 Å². The molecule has 2 fully saturated rings. The molecule has 118 valence electrons. The van der Waals surface area contributed by atoms with Crippen LogP contribution in [0.5, 0.6) is 0 Å². The Balaban J connectivity index is 2.07. The van der Waals surface area contributed by atoms with Gasteiger partial charge in [-0.25, -0.2) is 0 Å². The molecule has 0 bridgehead atoms. The highest BCUT2D eigenvalue weighted by atomic mass is 19.4. The van der Waals surface area contributed by atoms with Crippen LogP contribution in [0.1, 0.15) is 58.3 Å². The van der Waals surface area contributed by atoms with Gasteiger partial charge in [-0.15, -0.1) is 0 Å². The monoisotopic (exact) mass is 292 g/mol. The maximum Gasteiger partial charge on any atom is 0.391 e. The molecule has 1 atom stereocenters. The van der Waals surface area contributed by atoms with Crippen molar-refractivity contribution >= 4 is 0 Å². The minimum Gasteiger partial charge on any atom is -0.329 e. The number of likely N-dealkylation sites (tertiary alicyclic amines) is 1. The van der Waals surface area contributed by atoms with Crippen LogP contribution in [0.15, 0.2) is 0 Å². The lowest BCUT2D eigenvalue weighted by Crippen LogP contribution is -2.59. The largest absolute Gasteiger partial charge is 0.391 e. The Morgan fingerprint density at radius 1 is 1.10 bits per heavy atom. The van der Waals surface area contributed by atoms with Crippen LogP contribution in [-0.4, -0.2) is 35.7 Å². The molecule has 0 amide bonds. The summed E-state index contributed by atoms with van der Waals surface area (Å²) in [5.41, 5.74) is 5.82. The Kier molecular flexibility index (Phi) is 5.00. The number of hydrogen-bond donors (Lipinski definition) is 1. The first-order valence-corrected chi connectivity index (χ1v) is 7.92. The lowest BCUT2D eigenvalue weighted by molar-refractivity contribution is -0.189. The Morgan fingerprint density at radius 3 is 2.30 bits per heavy atom. The number of halogens is 3. The number of hydrogen-bond acceptors (Lipinski definition) is 2. The van der Waals surface area contributed by atoms with E-state index in [1.165, 1.54) is 12.8 Å². The molecule has 2 aliphatic rings. The van der Waals surface area contributed by atoms with Crippen molar-refractivity contribution in [3.05, 3.63) is 0 Å². The van der Waals surface area contributed by atoms with Crippen LogP contribution in [0, 0.1) is 5.92 Å². The van der Waals surface area contributed by atoms with Gasteiger partial charge in [0.25, 0.3) is 0 Å². The average molecular weight is 292 g/mol. The summed E-state index contributed by atoms with van der Waals surface area (Å²) < 4.78 is 38.5. The summed E-state index contributed by atoms with van der Waals surface area (Å²) in [7, 11) is 0. The predicted molar refractivity (Wildman–Crippen MR) is 74.4 cm³/mol. The molecule has 2 nitrogen and oxygen atoms in total. The van der Waals surface area contributed by atoms with Crippen molar-refractivity contribution in [1.29, 1.82) is 0 Å². The van der Waals surface area contributed by atoms with Gasteiger partial charge in [0.15, 0.2) is 0 Å². The topological polar surface area (TPSA) is 29.3 Å². The maximum absolute atomic E-state index is 12.8. The van der Waals surface area contributed by atoms with E-state index in [-0.39, 0.29) is 18.4 Å². The molecule has 0 aromatic heterocycles. The smallest absolute Gasteiger partial charge is 0.329 e. The molecule has 0 radical (unpaired) electrons. The second kappa shape index (κ2) is 6.22. The van der Waals surface area contributed by atoms with Crippen molar-refractivity contribution in [3.8, 4) is 0 Å². The molecule has 20 heavy (non-hydrogen) atoms. The van der Waals surface area contributed by atoms with Crippen molar-refractivity contribution < 1.29 is 13.2 Å². The summed E-state index contributed by atoms with van der Waals surface area (Å²) in [5, 5.41) is 0. The number of alkyl halides is 3. The number of rotatable bonds is 2. The minimum atomic E-state index is -4.04. The minimum absolute atomic E-state index is 0.189. The van der Waals surface area contributed by atoms with Gasteiger partial charge in [0, 0.05) is 18.1 Å². The summed E-state index contributed by atoms with van der Waals surface area (Å²) in [5.74, 6) is -1.12. The predicted octanol–water partition coefficient (Wildman–Crippen LogP) is 3.70. The molecule has 1 saturated heterocycles. The van der Waals surface area contributed by atoms with Crippen molar-refractivity contribution in [1.82, 2.24) is 4.90 Å². The highest BCUT2D eigenvalue weighted by molar-refractivity contribution is 4.99. The molecular weight excluding hydrogens is 265 g/mol. The molecular formula is C15H27F3N2. The van der Waals surface area contributed by atoms with Crippen LogP contribution in [0.2, 0.25) is 0 Å². The van der Waals surface area contributed by atoms with Crippen LogP contribution >= 0.6 is 0 Å². The maximum atomic E-state index is 12.8. The molecule has 0 aromatic rings. The van der Waals surface area contributed by atoms with Gasteiger partial charge in [-0.05, 0) is 52.0 Å². The Labute approximate surface area is 119 Å². The molecule has 1 aliphatic carbocycles. The first-order valence-electron chi connectivity index (χ1n) is 7.92. The Hall–Kier alpha value is -0.290. The SMILES string of the molecule is CC1CCCCCN1C1(CN)CCC(C(F)(F)F)CC1. The zero-order chi connectivity index (χ0) is 14.8. The van der Waals surface area contributed by atoms with E-state index in [1.807, 2.05) is 0 Å². The average Bonchev–Trinajstić information content (AvgIpc) is 2.63. The van der Waals surface area contributed by atoms with E-state index in [4.69, 9.17) is 5.73 Å². The molecule has 1 unspecified atom stereocenters. The fraction of sp³-hybridized carbons (Fsp3) is 1.00. The molecule has 2 N–H and O–H groups in total. The van der Waals surface area contributed by atoms with Crippen LogP contribution in [-0.2, 0) is 0 Å². The van der Waals surface area contributed by atoms with E-state index in [0.29, 0.717) is 25.4 Å². The molecule has 1 heterocycles. The van der Waals surface area contributed by atoms with Crippen molar-refractivity contribution in [2.75, 3.05) is 13.1 Å². The molecule has 0 spiro atoms. The lowest BCUT2D eigenvalue weighted by Gasteiger charge is -2.50. The number of nitrogens with zero attached hydrogens (tertiary/aromatic N) is 1. The van der Waals surface area contributed by atoms with E-state index < -0.39 is 12.1 Å². The first kappa shape index (κ1) is 16.1. The van der Waals surface area contributed by atoms with Crippen molar-refractivity contribution in [2.24, 2.45) is 11.7 Å². The van der Waals surface area contributed by atoms with E-state index in [0.717, 1.165) is 19.4 Å². The second-order valence-electron chi connectivity index (χ2n) is 6.64. The zero-order valence-electron chi connectivity index (χ0n) is 12.4. The Bertz CT molecular complexity index is 309. The van der Waals surface area contributed by atoms with Crippen molar-refractivity contribution in [3.63, 3.8) is 0 Å². The van der Waals surface area contributed by atoms with Gasteiger partial charge < -0.3 is 5.73 Å². The van der Waals surface area contributed by atoms with E-state index in [2.05, 4.69) is 11.8 Å². The summed E-state index contributed by atoms with van der Waals surface area (Å²) in [6.45, 7) is 3.69. The fourth-order valence-corrected chi connectivity index (χ4v) is 4.07. The third-order valence-electron chi connectivity index (χ3n) is 5.42. The van der Waals surface area contributed by atoms with E-state index in [9.17, 15) is 13.2 Å². The van der Waals surface area contributed by atoms with E-state index >= 15 is 0 Å². The number of nitrogens with two attached hydrogens (primary N) is 1. The van der Waals surface area contributed by atoms with Crippen LogP contribution in [0.25, 0.3) is 0 Å². The molecule has 1 aliphatic heterocycles. The van der Waals surface area contributed by atoms with Crippen LogP contribution in [0.4, 0.5) is 13.2 Å². The van der Waals surface area contributed by atoms with Gasteiger partial charge in [0.2, 0.25) is 0 Å². The Morgan fingerprint density at radius 2 is 1.75 bits per heavy atom. The summed E-state index contributed by atoms with van der Waals surface area (Å²) in [4.78, 5) is 2.44. The fourth-order valence-electron chi connectivity index (χ4n) is 4.07. The van der Waals surface area contributed by atoms with Gasteiger partial charge >= 0.3 is 6.18 Å². The normalized spacial score (nSPS) is 37.6. The quantitative estimate of drug-likeness (QED) is 0.841. The van der Waals surface area contributed by atoms with E-state index in [1.54, 1.807) is 0 Å². The van der Waals surface area contributed by atoms with Gasteiger partial charge in [0.05, 0.1) is 5.92 Å². The summed E-state index contributed by atoms with van der Waals surface area (Å²) >= 11 is 0. The first-order chi connectivity index (χ1) is 9.39. The molecule has 5 heteroatoms. The standard InChI is InChI=1S/C15H27F3N2/c1-12-5-3-2-4-10-20(12)14(11-19)8-6-13(7-9-14)15(16,17)18/h12-13H,2-11,19H2,1H3. The molecule has 0 aromatic carbocycles. The van der Waals surface area contributed by atoms with Crippen LogP contribution in [0.3, 0.4) is 0 Å².